The minimum Gasteiger partial charge on any atom is -0.348 e. The number of nitrogens with zero attached hydrogens (tertiary/aromatic N) is 2. The summed E-state index contributed by atoms with van der Waals surface area (Å²) >= 11 is 1.52. The van der Waals surface area contributed by atoms with E-state index in [0.29, 0.717) is 18.4 Å². The fourth-order valence-corrected chi connectivity index (χ4v) is 4.34. The van der Waals surface area contributed by atoms with Crippen molar-refractivity contribution in [3.05, 3.63) is 16.6 Å². The van der Waals surface area contributed by atoms with E-state index in [0.717, 1.165) is 40.1 Å². The number of thiophene rings is 1. The summed E-state index contributed by atoms with van der Waals surface area (Å²) in [5.74, 6) is 0.804. The smallest absolute Gasteiger partial charge is 0.261 e. The van der Waals surface area contributed by atoms with Crippen LogP contribution in [0.4, 0.5) is 0 Å². The zero-order chi connectivity index (χ0) is 15.9. The summed E-state index contributed by atoms with van der Waals surface area (Å²) in [6, 6.07) is 2.22. The molecule has 0 bridgehead atoms. The Kier molecular flexibility index (Phi) is 4.23. The molecule has 3 N–H and O–H groups in total. The largest absolute Gasteiger partial charge is 0.348 e. The van der Waals surface area contributed by atoms with E-state index in [1.54, 1.807) is 0 Å². The van der Waals surface area contributed by atoms with Crippen molar-refractivity contribution in [3.8, 4) is 0 Å². The van der Waals surface area contributed by atoms with Crippen molar-refractivity contribution in [2.24, 2.45) is 18.7 Å². The standard InChI is InChI=1S/C16H24N4OS/c1-9(2)14-11-7-13(22-16(11)20(3)19-14)15(21)18-12-6-4-5-10(12)8-17/h7,9-10,12H,4-6,8,17H2,1-3H3,(H,18,21). The van der Waals surface area contributed by atoms with Gasteiger partial charge in [0, 0.05) is 18.5 Å². The Labute approximate surface area is 134 Å². The van der Waals surface area contributed by atoms with Crippen molar-refractivity contribution >= 4 is 27.5 Å². The second kappa shape index (κ2) is 6.01. The van der Waals surface area contributed by atoms with Crippen LogP contribution in [0.1, 0.15) is 54.4 Å². The van der Waals surface area contributed by atoms with Gasteiger partial charge in [0.1, 0.15) is 4.83 Å². The first kappa shape index (κ1) is 15.5. The lowest BCUT2D eigenvalue weighted by molar-refractivity contribution is 0.0933. The van der Waals surface area contributed by atoms with Gasteiger partial charge in [-0.15, -0.1) is 11.3 Å². The predicted molar refractivity (Wildman–Crippen MR) is 90.3 cm³/mol. The van der Waals surface area contributed by atoms with Crippen LogP contribution < -0.4 is 11.1 Å². The number of amides is 1. The lowest BCUT2D eigenvalue weighted by Crippen LogP contribution is -2.39. The monoisotopic (exact) mass is 320 g/mol. The molecule has 2 aromatic rings. The molecule has 120 valence electrons. The number of fused-ring (bicyclic) bond motifs is 1. The van der Waals surface area contributed by atoms with Crippen LogP contribution in [0, 0.1) is 5.92 Å². The minimum absolute atomic E-state index is 0.0289. The van der Waals surface area contributed by atoms with Crippen molar-refractivity contribution in [2.45, 2.75) is 45.1 Å². The predicted octanol–water partition coefficient (Wildman–Crippen LogP) is 2.62. The summed E-state index contributed by atoms with van der Waals surface area (Å²) in [4.78, 5) is 14.4. The third-order valence-corrected chi connectivity index (χ3v) is 5.79. The first-order chi connectivity index (χ1) is 10.5. The summed E-state index contributed by atoms with van der Waals surface area (Å²) < 4.78 is 1.88. The zero-order valence-electron chi connectivity index (χ0n) is 13.4. The Balaban J connectivity index is 1.84. The van der Waals surface area contributed by atoms with Crippen molar-refractivity contribution in [1.82, 2.24) is 15.1 Å². The highest BCUT2D eigenvalue weighted by Gasteiger charge is 2.28. The number of carbonyl (C=O) groups excluding carboxylic acids is 1. The van der Waals surface area contributed by atoms with Crippen LogP contribution in [-0.2, 0) is 7.05 Å². The van der Waals surface area contributed by atoms with Crippen LogP contribution in [-0.4, -0.2) is 28.3 Å². The molecule has 0 saturated heterocycles. The Morgan fingerprint density at radius 3 is 3.00 bits per heavy atom. The lowest BCUT2D eigenvalue weighted by atomic mass is 10.0. The molecular formula is C16H24N4OS. The van der Waals surface area contributed by atoms with Crippen LogP contribution in [0.25, 0.3) is 10.2 Å². The van der Waals surface area contributed by atoms with E-state index in [-0.39, 0.29) is 11.9 Å². The Morgan fingerprint density at radius 2 is 2.32 bits per heavy atom. The molecule has 3 rings (SSSR count). The molecule has 0 aromatic carbocycles. The van der Waals surface area contributed by atoms with Crippen LogP contribution in [0.2, 0.25) is 0 Å². The molecule has 2 unspecified atom stereocenters. The Hall–Kier alpha value is -1.40. The first-order valence-electron chi connectivity index (χ1n) is 7.98. The van der Waals surface area contributed by atoms with Gasteiger partial charge in [-0.2, -0.15) is 5.10 Å². The number of carbonyl (C=O) groups is 1. The fraction of sp³-hybridized carbons (Fsp3) is 0.625. The van der Waals surface area contributed by atoms with Crippen molar-refractivity contribution in [3.63, 3.8) is 0 Å². The average Bonchev–Trinajstić information content (AvgIpc) is 3.15. The van der Waals surface area contributed by atoms with E-state index in [4.69, 9.17) is 5.73 Å². The van der Waals surface area contributed by atoms with Gasteiger partial charge in [0.05, 0.1) is 10.6 Å². The topological polar surface area (TPSA) is 72.9 Å². The number of aryl methyl sites for hydroxylation is 1. The number of rotatable bonds is 4. The van der Waals surface area contributed by atoms with Crippen molar-refractivity contribution < 1.29 is 4.79 Å². The molecule has 1 aliphatic rings. The van der Waals surface area contributed by atoms with Gasteiger partial charge in [-0.3, -0.25) is 9.48 Å². The summed E-state index contributed by atoms with van der Waals surface area (Å²) in [6.45, 7) is 4.91. The summed E-state index contributed by atoms with van der Waals surface area (Å²) in [6.07, 6.45) is 3.31. The molecule has 2 heterocycles. The van der Waals surface area contributed by atoms with Crippen LogP contribution in [0.15, 0.2) is 6.07 Å². The molecule has 6 heteroatoms. The SMILES string of the molecule is CC(C)c1nn(C)c2sc(C(=O)NC3CCCC3CN)cc12. The highest BCUT2D eigenvalue weighted by atomic mass is 32.1. The molecule has 0 radical (unpaired) electrons. The van der Waals surface area contributed by atoms with Gasteiger partial charge in [0.15, 0.2) is 0 Å². The molecule has 22 heavy (non-hydrogen) atoms. The highest BCUT2D eigenvalue weighted by molar-refractivity contribution is 7.20. The third kappa shape index (κ3) is 2.65. The molecule has 0 spiro atoms. The summed E-state index contributed by atoms with van der Waals surface area (Å²) in [5, 5.41) is 8.84. The minimum atomic E-state index is 0.0289. The highest BCUT2D eigenvalue weighted by Crippen LogP contribution is 2.32. The molecular weight excluding hydrogens is 296 g/mol. The van der Waals surface area contributed by atoms with E-state index < -0.39 is 0 Å². The van der Waals surface area contributed by atoms with Gasteiger partial charge >= 0.3 is 0 Å². The molecule has 1 amide bonds. The molecule has 2 aromatic heterocycles. The maximum atomic E-state index is 12.6. The number of nitrogens with one attached hydrogen (secondary N) is 1. The molecule has 2 atom stereocenters. The molecule has 1 aliphatic carbocycles. The maximum absolute atomic E-state index is 12.6. The molecule has 5 nitrogen and oxygen atoms in total. The van der Waals surface area contributed by atoms with Crippen molar-refractivity contribution in [2.75, 3.05) is 6.54 Å². The zero-order valence-corrected chi connectivity index (χ0v) is 14.2. The van der Waals surface area contributed by atoms with E-state index in [9.17, 15) is 4.79 Å². The molecule has 1 fully saturated rings. The van der Waals surface area contributed by atoms with Crippen LogP contribution in [0.3, 0.4) is 0 Å². The second-order valence-corrected chi connectivity index (χ2v) is 7.53. The van der Waals surface area contributed by atoms with E-state index in [1.807, 2.05) is 17.8 Å². The van der Waals surface area contributed by atoms with Gasteiger partial charge < -0.3 is 11.1 Å². The van der Waals surface area contributed by atoms with E-state index >= 15 is 0 Å². The van der Waals surface area contributed by atoms with E-state index in [2.05, 4.69) is 24.3 Å². The third-order valence-electron chi connectivity index (χ3n) is 4.59. The molecule has 1 saturated carbocycles. The maximum Gasteiger partial charge on any atom is 0.261 e. The second-order valence-electron chi connectivity index (χ2n) is 6.50. The van der Waals surface area contributed by atoms with Crippen LogP contribution >= 0.6 is 11.3 Å². The van der Waals surface area contributed by atoms with Gasteiger partial charge in [-0.25, -0.2) is 0 Å². The van der Waals surface area contributed by atoms with Gasteiger partial charge in [-0.05, 0) is 37.3 Å². The van der Waals surface area contributed by atoms with E-state index in [1.165, 1.54) is 11.3 Å². The number of aromatic nitrogens is 2. The summed E-state index contributed by atoms with van der Waals surface area (Å²) in [5.41, 5.74) is 6.86. The van der Waals surface area contributed by atoms with Gasteiger partial charge in [0.25, 0.3) is 5.91 Å². The summed E-state index contributed by atoms with van der Waals surface area (Å²) in [7, 11) is 1.94. The Morgan fingerprint density at radius 1 is 1.55 bits per heavy atom. The van der Waals surface area contributed by atoms with Gasteiger partial charge in [0.2, 0.25) is 0 Å². The number of hydrogen-bond acceptors (Lipinski definition) is 4. The quantitative estimate of drug-likeness (QED) is 0.909. The Bertz CT molecular complexity index is 688. The molecule has 0 aliphatic heterocycles. The normalized spacial score (nSPS) is 21.9. The first-order valence-corrected chi connectivity index (χ1v) is 8.80. The average molecular weight is 320 g/mol. The fourth-order valence-electron chi connectivity index (χ4n) is 3.35. The van der Waals surface area contributed by atoms with Crippen LogP contribution in [0.5, 0.6) is 0 Å². The number of hydrogen-bond donors (Lipinski definition) is 2. The number of nitrogens with two attached hydrogens (primary N) is 1. The lowest BCUT2D eigenvalue weighted by Gasteiger charge is -2.18. The van der Waals surface area contributed by atoms with Gasteiger partial charge in [-0.1, -0.05) is 20.3 Å². The van der Waals surface area contributed by atoms with Crippen molar-refractivity contribution in [1.29, 1.82) is 0 Å².